The second-order valence-electron chi connectivity index (χ2n) is 3.67. The first-order valence-electron chi connectivity index (χ1n) is 5.43. The highest BCUT2D eigenvalue weighted by Crippen LogP contribution is 2.13. The maximum atomic E-state index is 13.3. The van der Waals surface area contributed by atoms with E-state index in [2.05, 4.69) is 11.9 Å². The zero-order chi connectivity index (χ0) is 12.7. The minimum Gasteiger partial charge on any atom is -0.255 e. The van der Waals surface area contributed by atoms with Gasteiger partial charge >= 0.3 is 5.97 Å². The molecule has 0 aliphatic heterocycles. The fourth-order valence-corrected chi connectivity index (χ4v) is 1.40. The molecule has 0 aliphatic carbocycles. The van der Waals surface area contributed by atoms with Crippen LogP contribution < -0.4 is 0 Å². The molecular formula is C13H14F2O2. The molecule has 1 aromatic rings. The first-order chi connectivity index (χ1) is 8.17. The number of carbonyl (C=O) groups excluding carboxylic acids is 1. The first-order valence-corrected chi connectivity index (χ1v) is 5.43. The summed E-state index contributed by atoms with van der Waals surface area (Å²) in [5.74, 6) is -1.64. The van der Waals surface area contributed by atoms with Crippen molar-refractivity contribution in [3.8, 4) is 0 Å². The Bertz CT molecular complexity index is 414. The van der Waals surface area contributed by atoms with E-state index in [1.165, 1.54) is 12.1 Å². The molecule has 0 atom stereocenters. The minimum absolute atomic E-state index is 0.131. The molecule has 0 aromatic heterocycles. The van der Waals surface area contributed by atoms with Crippen molar-refractivity contribution >= 4 is 12.0 Å². The van der Waals surface area contributed by atoms with Gasteiger partial charge in [-0.2, -0.15) is 0 Å². The van der Waals surface area contributed by atoms with Gasteiger partial charge in [-0.3, -0.25) is 4.94 Å². The number of rotatable bonds is 5. The molecule has 1 aromatic carbocycles. The smallest absolute Gasteiger partial charge is 0.255 e. The largest absolute Gasteiger partial charge is 0.353 e. The Morgan fingerprint density at radius 1 is 1.47 bits per heavy atom. The molecule has 0 radical (unpaired) electrons. The summed E-state index contributed by atoms with van der Waals surface area (Å²) in [6, 6.07) is 4.37. The number of halogens is 2. The molecule has 17 heavy (non-hydrogen) atoms. The maximum Gasteiger partial charge on any atom is 0.353 e. The third kappa shape index (κ3) is 4.34. The number of unbranched alkanes of at least 4 members (excludes halogenated alkanes) is 1. The molecule has 0 bridgehead atoms. The van der Waals surface area contributed by atoms with E-state index in [0.717, 1.165) is 18.4 Å². The summed E-state index contributed by atoms with van der Waals surface area (Å²) in [4.78, 5) is 13.7. The predicted molar refractivity (Wildman–Crippen MR) is 61.2 cm³/mol. The average molecular weight is 240 g/mol. The molecule has 0 spiro atoms. The van der Waals surface area contributed by atoms with Crippen LogP contribution in [-0.2, 0) is 16.2 Å². The van der Waals surface area contributed by atoms with Crippen molar-refractivity contribution in [2.45, 2.75) is 26.2 Å². The van der Waals surface area contributed by atoms with E-state index in [4.69, 9.17) is 0 Å². The van der Waals surface area contributed by atoms with Gasteiger partial charge in [0.05, 0.1) is 6.42 Å². The Labute approximate surface area is 98.8 Å². The predicted octanol–water partition coefficient (Wildman–Crippen LogP) is 3.61. The third-order valence-corrected chi connectivity index (χ3v) is 2.26. The van der Waals surface area contributed by atoms with Gasteiger partial charge in [-0.25, -0.2) is 9.18 Å². The van der Waals surface area contributed by atoms with E-state index in [-0.39, 0.29) is 5.56 Å². The van der Waals surface area contributed by atoms with Crippen LogP contribution in [0.15, 0.2) is 24.3 Å². The topological polar surface area (TPSA) is 26.3 Å². The van der Waals surface area contributed by atoms with E-state index in [1.54, 1.807) is 6.07 Å². The van der Waals surface area contributed by atoms with Gasteiger partial charge in [0.15, 0.2) is 0 Å². The van der Waals surface area contributed by atoms with Crippen LogP contribution in [-0.4, -0.2) is 5.97 Å². The molecule has 0 N–H and O–H groups in total. The van der Waals surface area contributed by atoms with E-state index >= 15 is 0 Å². The van der Waals surface area contributed by atoms with Gasteiger partial charge < -0.3 is 0 Å². The Morgan fingerprint density at radius 3 is 2.88 bits per heavy atom. The lowest BCUT2D eigenvalue weighted by Crippen LogP contribution is -2.04. The van der Waals surface area contributed by atoms with Gasteiger partial charge in [0.2, 0.25) is 0 Å². The molecule has 4 heteroatoms. The number of hydrogen-bond acceptors (Lipinski definition) is 2. The lowest BCUT2D eigenvalue weighted by molar-refractivity contribution is -0.182. The van der Waals surface area contributed by atoms with Crippen LogP contribution >= 0.6 is 0 Å². The van der Waals surface area contributed by atoms with Gasteiger partial charge in [0.25, 0.3) is 0 Å². The SMILES string of the molecule is CCC/C=C/c1ccc(F)c(CC(=O)OF)c1. The Kier molecular flexibility index (Phi) is 5.33. The quantitative estimate of drug-likeness (QED) is 0.785. The van der Waals surface area contributed by atoms with Crippen LogP contribution in [0.25, 0.3) is 6.08 Å². The third-order valence-electron chi connectivity index (χ3n) is 2.26. The van der Waals surface area contributed by atoms with Crippen molar-refractivity contribution in [3.05, 3.63) is 41.2 Å². The van der Waals surface area contributed by atoms with Crippen LogP contribution in [0.3, 0.4) is 0 Å². The highest BCUT2D eigenvalue weighted by Gasteiger charge is 2.10. The van der Waals surface area contributed by atoms with Crippen molar-refractivity contribution in [1.29, 1.82) is 0 Å². The molecule has 1 rings (SSSR count). The molecule has 0 amide bonds. The molecule has 0 fully saturated rings. The minimum atomic E-state index is -1.10. The van der Waals surface area contributed by atoms with E-state index in [9.17, 15) is 13.7 Å². The zero-order valence-electron chi connectivity index (χ0n) is 9.58. The van der Waals surface area contributed by atoms with Gasteiger partial charge in [-0.05, 0) is 29.7 Å². The summed E-state index contributed by atoms with van der Waals surface area (Å²) in [5, 5.41) is 0. The molecule has 0 saturated carbocycles. The van der Waals surface area contributed by atoms with Crippen molar-refractivity contribution < 1.29 is 18.7 Å². The van der Waals surface area contributed by atoms with Gasteiger partial charge in [0.1, 0.15) is 5.82 Å². The monoisotopic (exact) mass is 240 g/mol. The zero-order valence-corrected chi connectivity index (χ0v) is 9.58. The second-order valence-corrected chi connectivity index (χ2v) is 3.67. The molecule has 92 valence electrons. The van der Waals surface area contributed by atoms with Gasteiger partial charge in [-0.15, -0.1) is 0 Å². The van der Waals surface area contributed by atoms with Crippen molar-refractivity contribution in [2.24, 2.45) is 0 Å². The number of hydrogen-bond donors (Lipinski definition) is 0. The molecular weight excluding hydrogens is 226 g/mol. The summed E-state index contributed by atoms with van der Waals surface area (Å²) in [7, 11) is 0. The summed E-state index contributed by atoms with van der Waals surface area (Å²) in [6.45, 7) is 2.05. The summed E-state index contributed by atoms with van der Waals surface area (Å²) >= 11 is 0. The molecule has 2 nitrogen and oxygen atoms in total. The van der Waals surface area contributed by atoms with Gasteiger partial charge in [0, 0.05) is 4.53 Å². The Morgan fingerprint density at radius 2 is 2.24 bits per heavy atom. The Balaban J connectivity index is 2.82. The maximum absolute atomic E-state index is 13.3. The molecule has 0 heterocycles. The van der Waals surface area contributed by atoms with E-state index in [0.29, 0.717) is 0 Å². The standard InChI is InChI=1S/C13H14F2O2/c1-2-3-4-5-10-6-7-12(14)11(8-10)9-13(16)17-15/h4-8H,2-3,9H2,1H3/b5-4+. The van der Waals surface area contributed by atoms with Crippen molar-refractivity contribution in [2.75, 3.05) is 0 Å². The number of benzene rings is 1. The molecule has 0 saturated heterocycles. The number of carbonyl (C=O) groups is 1. The van der Waals surface area contributed by atoms with Gasteiger partial charge in [-0.1, -0.05) is 31.6 Å². The van der Waals surface area contributed by atoms with Crippen molar-refractivity contribution in [1.82, 2.24) is 0 Å². The fourth-order valence-electron chi connectivity index (χ4n) is 1.40. The van der Waals surface area contributed by atoms with E-state index < -0.39 is 18.2 Å². The van der Waals surface area contributed by atoms with Crippen LogP contribution in [0, 0.1) is 5.82 Å². The molecule has 0 unspecified atom stereocenters. The van der Waals surface area contributed by atoms with Crippen LogP contribution in [0.5, 0.6) is 0 Å². The van der Waals surface area contributed by atoms with Crippen LogP contribution in [0.4, 0.5) is 8.92 Å². The number of allylic oxidation sites excluding steroid dienone is 1. The summed E-state index contributed by atoms with van der Waals surface area (Å²) in [5.41, 5.74) is 0.910. The second kappa shape index (κ2) is 6.78. The van der Waals surface area contributed by atoms with Crippen LogP contribution in [0.2, 0.25) is 0 Å². The highest BCUT2D eigenvalue weighted by molar-refractivity contribution is 5.72. The fraction of sp³-hybridized carbons (Fsp3) is 0.308. The lowest BCUT2D eigenvalue weighted by atomic mass is 10.1. The normalized spacial score (nSPS) is 10.8. The van der Waals surface area contributed by atoms with Crippen molar-refractivity contribution in [3.63, 3.8) is 0 Å². The van der Waals surface area contributed by atoms with Crippen LogP contribution in [0.1, 0.15) is 30.9 Å². The summed E-state index contributed by atoms with van der Waals surface area (Å²) in [6.07, 6.45) is 5.35. The summed E-state index contributed by atoms with van der Waals surface area (Å²) < 4.78 is 24.9. The van der Waals surface area contributed by atoms with E-state index in [1.807, 2.05) is 12.2 Å². The Hall–Kier alpha value is -1.71. The highest BCUT2D eigenvalue weighted by atomic mass is 19.3. The average Bonchev–Trinajstić information content (AvgIpc) is 2.33. The lowest BCUT2D eigenvalue weighted by Gasteiger charge is -2.02. The first kappa shape index (κ1) is 13.4. The molecule has 0 aliphatic rings.